The van der Waals surface area contributed by atoms with Gasteiger partial charge < -0.3 is 4.90 Å². The van der Waals surface area contributed by atoms with E-state index in [1.54, 1.807) is 19.3 Å². The van der Waals surface area contributed by atoms with Crippen molar-refractivity contribution in [3.63, 3.8) is 0 Å². The van der Waals surface area contributed by atoms with Crippen LogP contribution in [0.25, 0.3) is 0 Å². The van der Waals surface area contributed by atoms with Gasteiger partial charge in [-0.05, 0) is 57.0 Å². The zero-order valence-electron chi connectivity index (χ0n) is 8.54. The van der Waals surface area contributed by atoms with E-state index in [0.717, 1.165) is 17.9 Å². The van der Waals surface area contributed by atoms with E-state index in [4.69, 9.17) is 0 Å². The van der Waals surface area contributed by atoms with Crippen molar-refractivity contribution in [3.8, 4) is 0 Å². The molecule has 1 aliphatic carbocycles. The van der Waals surface area contributed by atoms with Crippen molar-refractivity contribution in [2.75, 3.05) is 13.1 Å². The van der Waals surface area contributed by atoms with E-state index in [9.17, 15) is 0 Å². The van der Waals surface area contributed by atoms with Crippen molar-refractivity contribution in [2.24, 2.45) is 11.8 Å². The maximum absolute atomic E-state index is 2.78. The summed E-state index contributed by atoms with van der Waals surface area (Å²) in [7, 11) is 0. The first-order chi connectivity index (χ1) is 6.42. The first-order valence-electron chi connectivity index (χ1n) is 6.16. The van der Waals surface area contributed by atoms with E-state index >= 15 is 0 Å². The van der Waals surface area contributed by atoms with Crippen LogP contribution in [-0.2, 0) is 0 Å². The molecule has 2 bridgehead atoms. The fraction of sp³-hybridized carbons (Fsp3) is 1.00. The van der Waals surface area contributed by atoms with Gasteiger partial charge in [0.25, 0.3) is 0 Å². The molecule has 3 fully saturated rings. The number of fused-ring (bicyclic) bond motifs is 3. The quantitative estimate of drug-likeness (QED) is 0.552. The van der Waals surface area contributed by atoms with Crippen molar-refractivity contribution < 1.29 is 0 Å². The standard InChI is InChI=1S/C12H21N/c1-2-12-9-11-4-3-10(8-11)5-7-13(12)6-1/h10-12H,1-9H2. The second-order valence-electron chi connectivity index (χ2n) is 5.40. The van der Waals surface area contributed by atoms with Gasteiger partial charge in [0, 0.05) is 6.04 Å². The fourth-order valence-corrected chi connectivity index (χ4v) is 3.84. The van der Waals surface area contributed by atoms with Gasteiger partial charge in [-0.15, -0.1) is 0 Å². The summed E-state index contributed by atoms with van der Waals surface area (Å²) in [6, 6.07) is 0.990. The van der Waals surface area contributed by atoms with Gasteiger partial charge in [-0.3, -0.25) is 0 Å². The maximum atomic E-state index is 2.78. The second-order valence-corrected chi connectivity index (χ2v) is 5.40. The van der Waals surface area contributed by atoms with E-state index in [2.05, 4.69) is 4.90 Å². The first kappa shape index (κ1) is 8.28. The minimum atomic E-state index is 0.990. The molecule has 3 rings (SSSR count). The monoisotopic (exact) mass is 179 g/mol. The molecule has 1 heteroatoms. The van der Waals surface area contributed by atoms with Gasteiger partial charge in [0.2, 0.25) is 0 Å². The molecule has 13 heavy (non-hydrogen) atoms. The van der Waals surface area contributed by atoms with E-state index in [1.807, 2.05) is 0 Å². The predicted octanol–water partition coefficient (Wildman–Crippen LogP) is 2.66. The van der Waals surface area contributed by atoms with Crippen LogP contribution in [-0.4, -0.2) is 24.0 Å². The normalized spacial score (nSPS) is 45.7. The molecule has 0 aromatic rings. The van der Waals surface area contributed by atoms with Crippen molar-refractivity contribution >= 4 is 0 Å². The lowest BCUT2D eigenvalue weighted by Crippen LogP contribution is -2.33. The molecule has 3 aliphatic rings. The zero-order chi connectivity index (χ0) is 8.67. The Morgan fingerprint density at radius 2 is 1.69 bits per heavy atom. The average Bonchev–Trinajstić information content (AvgIpc) is 2.67. The Kier molecular flexibility index (Phi) is 2.08. The summed E-state index contributed by atoms with van der Waals surface area (Å²) in [6.45, 7) is 2.83. The van der Waals surface area contributed by atoms with Gasteiger partial charge in [-0.1, -0.05) is 12.8 Å². The summed E-state index contributed by atoms with van der Waals surface area (Å²) in [5, 5.41) is 0. The van der Waals surface area contributed by atoms with Gasteiger partial charge in [0.1, 0.15) is 0 Å². The third-order valence-electron chi connectivity index (χ3n) is 4.58. The third kappa shape index (κ3) is 1.52. The van der Waals surface area contributed by atoms with Crippen molar-refractivity contribution in [1.82, 2.24) is 4.90 Å². The number of rotatable bonds is 0. The molecule has 0 aromatic carbocycles. The summed E-state index contributed by atoms with van der Waals surface area (Å²) in [5.41, 5.74) is 0. The lowest BCUT2D eigenvalue weighted by molar-refractivity contribution is 0.188. The van der Waals surface area contributed by atoms with Crippen LogP contribution in [0, 0.1) is 11.8 Å². The molecule has 74 valence electrons. The molecule has 0 N–H and O–H groups in total. The van der Waals surface area contributed by atoms with Crippen molar-refractivity contribution in [2.45, 2.75) is 51.0 Å². The molecular weight excluding hydrogens is 158 g/mol. The topological polar surface area (TPSA) is 3.24 Å². The molecule has 1 nitrogen and oxygen atoms in total. The lowest BCUT2D eigenvalue weighted by atomic mass is 9.92. The van der Waals surface area contributed by atoms with Crippen LogP contribution in [0.2, 0.25) is 0 Å². The van der Waals surface area contributed by atoms with Crippen LogP contribution in [0.3, 0.4) is 0 Å². The van der Waals surface area contributed by atoms with Gasteiger partial charge in [-0.2, -0.15) is 0 Å². The molecule has 0 amide bonds. The second kappa shape index (κ2) is 3.27. The molecule has 0 radical (unpaired) electrons. The van der Waals surface area contributed by atoms with Crippen LogP contribution in [0.4, 0.5) is 0 Å². The Balaban J connectivity index is 1.73. The van der Waals surface area contributed by atoms with Gasteiger partial charge in [-0.25, -0.2) is 0 Å². The zero-order valence-corrected chi connectivity index (χ0v) is 8.54. The molecular formula is C12H21N. The Morgan fingerprint density at radius 3 is 2.69 bits per heavy atom. The van der Waals surface area contributed by atoms with Crippen LogP contribution >= 0.6 is 0 Å². The third-order valence-corrected chi connectivity index (χ3v) is 4.58. The van der Waals surface area contributed by atoms with Gasteiger partial charge >= 0.3 is 0 Å². The highest BCUT2D eigenvalue weighted by Crippen LogP contribution is 2.40. The van der Waals surface area contributed by atoms with Gasteiger partial charge in [0.15, 0.2) is 0 Å². The average molecular weight is 179 g/mol. The molecule has 2 saturated heterocycles. The summed E-state index contributed by atoms with van der Waals surface area (Å²) in [6.07, 6.45) is 10.7. The molecule has 2 aliphatic heterocycles. The maximum Gasteiger partial charge on any atom is 0.00983 e. The molecule has 2 heterocycles. The molecule has 1 saturated carbocycles. The van der Waals surface area contributed by atoms with E-state index in [-0.39, 0.29) is 0 Å². The Bertz CT molecular complexity index is 190. The highest BCUT2D eigenvalue weighted by Gasteiger charge is 2.34. The Labute approximate surface area is 81.5 Å². The SMILES string of the molecule is C1CC2CC3CCC(CCN2C1)C3. The molecule has 3 unspecified atom stereocenters. The Hall–Kier alpha value is -0.0400. The van der Waals surface area contributed by atoms with Crippen LogP contribution in [0.5, 0.6) is 0 Å². The van der Waals surface area contributed by atoms with Crippen molar-refractivity contribution in [1.29, 1.82) is 0 Å². The van der Waals surface area contributed by atoms with E-state index < -0.39 is 0 Å². The number of hydrogen-bond acceptors (Lipinski definition) is 1. The van der Waals surface area contributed by atoms with E-state index in [1.165, 1.54) is 38.8 Å². The fourth-order valence-electron chi connectivity index (χ4n) is 3.84. The Morgan fingerprint density at radius 1 is 0.769 bits per heavy atom. The summed E-state index contributed by atoms with van der Waals surface area (Å²) in [4.78, 5) is 2.78. The largest absolute Gasteiger partial charge is 0.300 e. The van der Waals surface area contributed by atoms with Crippen LogP contribution in [0.1, 0.15) is 44.9 Å². The van der Waals surface area contributed by atoms with Crippen molar-refractivity contribution in [3.05, 3.63) is 0 Å². The predicted molar refractivity (Wildman–Crippen MR) is 54.7 cm³/mol. The number of hydrogen-bond donors (Lipinski definition) is 0. The lowest BCUT2D eigenvalue weighted by Gasteiger charge is -2.29. The van der Waals surface area contributed by atoms with Crippen LogP contribution in [0.15, 0.2) is 0 Å². The highest BCUT2D eigenvalue weighted by molar-refractivity contribution is 4.88. The smallest absolute Gasteiger partial charge is 0.00983 e. The molecule has 3 atom stereocenters. The summed E-state index contributed by atoms with van der Waals surface area (Å²) < 4.78 is 0. The molecule has 0 aromatic heterocycles. The van der Waals surface area contributed by atoms with E-state index in [0.29, 0.717) is 0 Å². The minimum absolute atomic E-state index is 0.990. The summed E-state index contributed by atoms with van der Waals surface area (Å²) >= 11 is 0. The van der Waals surface area contributed by atoms with Gasteiger partial charge in [0.05, 0.1) is 0 Å². The molecule has 0 spiro atoms. The first-order valence-corrected chi connectivity index (χ1v) is 6.16. The van der Waals surface area contributed by atoms with Crippen LogP contribution < -0.4 is 0 Å². The summed E-state index contributed by atoms with van der Waals surface area (Å²) in [5.74, 6) is 2.21. The highest BCUT2D eigenvalue weighted by atomic mass is 15.2. The number of nitrogens with zero attached hydrogens (tertiary/aromatic N) is 1. The minimum Gasteiger partial charge on any atom is -0.300 e.